The van der Waals surface area contributed by atoms with Crippen LogP contribution >= 0.6 is 11.3 Å². The predicted octanol–water partition coefficient (Wildman–Crippen LogP) is 3.27. The second-order valence-electron chi connectivity index (χ2n) is 4.96. The first-order valence-electron chi connectivity index (χ1n) is 7.07. The second kappa shape index (κ2) is 6.32. The zero-order chi connectivity index (χ0) is 14.7. The highest BCUT2D eigenvalue weighted by molar-refractivity contribution is 7.15. The van der Waals surface area contributed by atoms with Crippen molar-refractivity contribution in [3.05, 3.63) is 41.3 Å². The Labute approximate surface area is 126 Å². The molecule has 0 radical (unpaired) electrons. The van der Waals surface area contributed by atoms with Gasteiger partial charge in [0.2, 0.25) is 4.96 Å². The summed E-state index contributed by atoms with van der Waals surface area (Å²) in [5, 5.41) is 10.5. The minimum Gasteiger partial charge on any atom is -0.330 e. The summed E-state index contributed by atoms with van der Waals surface area (Å²) in [5.41, 5.74) is 7.51. The van der Waals surface area contributed by atoms with Crippen LogP contribution in [0.1, 0.15) is 25.1 Å². The number of fused-ring (bicyclic) bond motifs is 1. The standard InChI is InChI=1S/C15H17FN4S/c16-12-7-5-11(6-8-12)13-10-21-15-19-18-14(20(13)15)4-2-1-3-9-17/h5-8,10H,1-4,9,17H2. The van der Waals surface area contributed by atoms with Gasteiger partial charge in [-0.15, -0.1) is 21.5 Å². The van der Waals surface area contributed by atoms with Gasteiger partial charge in [-0.1, -0.05) is 6.42 Å². The molecule has 6 heteroatoms. The summed E-state index contributed by atoms with van der Waals surface area (Å²) in [5.74, 6) is 0.735. The largest absolute Gasteiger partial charge is 0.330 e. The number of halogens is 1. The Balaban J connectivity index is 1.89. The molecule has 0 saturated carbocycles. The molecule has 21 heavy (non-hydrogen) atoms. The monoisotopic (exact) mass is 304 g/mol. The molecule has 0 aliphatic rings. The molecular weight excluding hydrogens is 287 g/mol. The molecule has 2 N–H and O–H groups in total. The van der Waals surface area contributed by atoms with E-state index in [9.17, 15) is 4.39 Å². The molecule has 110 valence electrons. The molecule has 0 aliphatic carbocycles. The summed E-state index contributed by atoms with van der Waals surface area (Å²) in [6, 6.07) is 6.53. The molecule has 3 aromatic rings. The minimum absolute atomic E-state index is 0.226. The van der Waals surface area contributed by atoms with Crippen molar-refractivity contribution in [3.8, 4) is 11.3 Å². The third-order valence-electron chi connectivity index (χ3n) is 3.46. The first kappa shape index (κ1) is 14.2. The number of rotatable bonds is 6. The van der Waals surface area contributed by atoms with Gasteiger partial charge in [0.05, 0.1) is 5.69 Å². The zero-order valence-electron chi connectivity index (χ0n) is 11.6. The van der Waals surface area contributed by atoms with Crippen LogP contribution in [0.3, 0.4) is 0 Å². The Morgan fingerprint density at radius 2 is 1.90 bits per heavy atom. The predicted molar refractivity (Wildman–Crippen MR) is 82.9 cm³/mol. The molecule has 2 aromatic heterocycles. The summed E-state index contributed by atoms with van der Waals surface area (Å²) in [6.45, 7) is 0.731. The molecule has 1 aromatic carbocycles. The number of nitrogens with zero attached hydrogens (tertiary/aromatic N) is 3. The fourth-order valence-corrected chi connectivity index (χ4v) is 3.22. The maximum absolute atomic E-state index is 13.1. The summed E-state index contributed by atoms with van der Waals surface area (Å²) in [4.78, 5) is 0.878. The Hall–Kier alpha value is -1.79. The summed E-state index contributed by atoms with van der Waals surface area (Å²) in [7, 11) is 0. The zero-order valence-corrected chi connectivity index (χ0v) is 12.4. The van der Waals surface area contributed by atoms with E-state index < -0.39 is 0 Å². The average Bonchev–Trinajstić information content (AvgIpc) is 3.07. The molecule has 0 atom stereocenters. The van der Waals surface area contributed by atoms with Gasteiger partial charge in [-0.25, -0.2) is 4.39 Å². The maximum atomic E-state index is 13.1. The molecule has 0 fully saturated rings. The van der Waals surface area contributed by atoms with Crippen molar-refractivity contribution >= 4 is 16.3 Å². The molecule has 3 rings (SSSR count). The SMILES string of the molecule is NCCCCCc1nnc2scc(-c3ccc(F)cc3)n12. The summed E-state index contributed by atoms with van der Waals surface area (Å²) < 4.78 is 15.1. The molecule has 0 amide bonds. The van der Waals surface area contributed by atoms with E-state index in [4.69, 9.17) is 5.73 Å². The van der Waals surface area contributed by atoms with E-state index in [0.717, 1.165) is 54.3 Å². The van der Waals surface area contributed by atoms with E-state index in [1.54, 1.807) is 23.5 Å². The van der Waals surface area contributed by atoms with E-state index in [0.29, 0.717) is 0 Å². The number of aromatic nitrogens is 3. The van der Waals surface area contributed by atoms with Crippen LogP contribution in [-0.2, 0) is 6.42 Å². The van der Waals surface area contributed by atoms with Gasteiger partial charge in [0.15, 0.2) is 0 Å². The van der Waals surface area contributed by atoms with Crippen LogP contribution in [0.2, 0.25) is 0 Å². The van der Waals surface area contributed by atoms with Crippen molar-refractivity contribution in [1.82, 2.24) is 14.6 Å². The van der Waals surface area contributed by atoms with Crippen LogP contribution in [0.15, 0.2) is 29.6 Å². The lowest BCUT2D eigenvalue weighted by Crippen LogP contribution is -2.00. The summed E-state index contributed by atoms with van der Waals surface area (Å²) >= 11 is 1.55. The molecule has 0 spiro atoms. The van der Waals surface area contributed by atoms with E-state index in [-0.39, 0.29) is 5.82 Å². The van der Waals surface area contributed by atoms with Crippen molar-refractivity contribution in [3.63, 3.8) is 0 Å². The first-order valence-corrected chi connectivity index (χ1v) is 7.95. The van der Waals surface area contributed by atoms with Gasteiger partial charge in [0, 0.05) is 11.8 Å². The quantitative estimate of drug-likeness (QED) is 0.711. The number of aryl methyl sites for hydroxylation is 1. The number of thiazole rings is 1. The molecule has 2 heterocycles. The highest BCUT2D eigenvalue weighted by Crippen LogP contribution is 2.27. The van der Waals surface area contributed by atoms with Gasteiger partial charge >= 0.3 is 0 Å². The second-order valence-corrected chi connectivity index (χ2v) is 5.80. The van der Waals surface area contributed by atoms with Gasteiger partial charge in [-0.2, -0.15) is 0 Å². The lowest BCUT2D eigenvalue weighted by molar-refractivity contribution is 0.628. The van der Waals surface area contributed by atoms with Crippen LogP contribution in [0, 0.1) is 5.82 Å². The van der Waals surface area contributed by atoms with Crippen LogP contribution < -0.4 is 5.73 Å². The number of nitrogens with two attached hydrogens (primary N) is 1. The molecule has 0 unspecified atom stereocenters. The fourth-order valence-electron chi connectivity index (χ4n) is 2.36. The molecule has 4 nitrogen and oxygen atoms in total. The first-order chi connectivity index (χ1) is 10.3. The molecule has 0 aliphatic heterocycles. The van der Waals surface area contributed by atoms with Gasteiger partial charge in [0.1, 0.15) is 11.6 Å². The highest BCUT2D eigenvalue weighted by atomic mass is 32.1. The lowest BCUT2D eigenvalue weighted by atomic mass is 10.1. The minimum atomic E-state index is -0.226. The van der Waals surface area contributed by atoms with E-state index in [2.05, 4.69) is 14.6 Å². The van der Waals surface area contributed by atoms with Crippen molar-refractivity contribution in [2.75, 3.05) is 6.54 Å². The normalized spacial score (nSPS) is 11.3. The number of hydrogen-bond acceptors (Lipinski definition) is 4. The van der Waals surface area contributed by atoms with Crippen molar-refractivity contribution in [1.29, 1.82) is 0 Å². The van der Waals surface area contributed by atoms with Crippen molar-refractivity contribution < 1.29 is 4.39 Å². The Morgan fingerprint density at radius 3 is 2.67 bits per heavy atom. The molecule has 0 bridgehead atoms. The van der Waals surface area contributed by atoms with Gasteiger partial charge in [-0.3, -0.25) is 4.40 Å². The van der Waals surface area contributed by atoms with Gasteiger partial charge < -0.3 is 5.73 Å². The third-order valence-corrected chi connectivity index (χ3v) is 4.28. The van der Waals surface area contributed by atoms with Gasteiger partial charge in [0.25, 0.3) is 0 Å². The topological polar surface area (TPSA) is 56.2 Å². The molecular formula is C15H17FN4S. The van der Waals surface area contributed by atoms with Crippen molar-refractivity contribution in [2.45, 2.75) is 25.7 Å². The van der Waals surface area contributed by atoms with Crippen LogP contribution in [-0.4, -0.2) is 21.1 Å². The van der Waals surface area contributed by atoms with Crippen molar-refractivity contribution in [2.24, 2.45) is 5.73 Å². The Kier molecular flexibility index (Phi) is 4.26. The highest BCUT2D eigenvalue weighted by Gasteiger charge is 2.13. The van der Waals surface area contributed by atoms with Crippen LogP contribution in [0.4, 0.5) is 4.39 Å². The number of hydrogen-bond donors (Lipinski definition) is 1. The lowest BCUT2D eigenvalue weighted by Gasteiger charge is -2.03. The average molecular weight is 304 g/mol. The van der Waals surface area contributed by atoms with Gasteiger partial charge in [-0.05, 0) is 49.2 Å². The van der Waals surface area contributed by atoms with E-state index >= 15 is 0 Å². The third kappa shape index (κ3) is 2.96. The van der Waals surface area contributed by atoms with Crippen LogP contribution in [0.25, 0.3) is 16.2 Å². The van der Waals surface area contributed by atoms with E-state index in [1.165, 1.54) is 12.1 Å². The Morgan fingerprint density at radius 1 is 1.10 bits per heavy atom. The fraction of sp³-hybridized carbons (Fsp3) is 0.333. The summed E-state index contributed by atoms with van der Waals surface area (Å²) in [6.07, 6.45) is 4.07. The molecule has 0 saturated heterocycles. The van der Waals surface area contributed by atoms with Crippen LogP contribution in [0.5, 0.6) is 0 Å². The maximum Gasteiger partial charge on any atom is 0.216 e. The van der Waals surface area contributed by atoms with E-state index in [1.807, 2.05) is 5.38 Å². The number of unbranched alkanes of at least 4 members (excludes halogenated alkanes) is 2. The Bertz CT molecular complexity index is 717. The number of benzene rings is 1. The smallest absolute Gasteiger partial charge is 0.216 e.